The number of benzene rings is 4. The number of aromatic nitrogens is 5. The Morgan fingerprint density at radius 3 is 1.36 bits per heavy atom. The van der Waals surface area contributed by atoms with Crippen LogP contribution >= 0.6 is 0 Å². The van der Waals surface area contributed by atoms with Crippen molar-refractivity contribution in [3.8, 4) is 51.5 Å². The van der Waals surface area contributed by atoms with Crippen LogP contribution in [-0.2, 0) is 40.8 Å². The molecule has 0 aliphatic rings. The third kappa shape index (κ3) is 8.24. The van der Waals surface area contributed by atoms with Gasteiger partial charge in [-0.2, -0.15) is 22.9 Å². The zero-order valence-corrected chi connectivity index (χ0v) is 34.9. The van der Waals surface area contributed by atoms with Gasteiger partial charge in [0.25, 0.3) is 0 Å². The molecule has 0 amide bonds. The van der Waals surface area contributed by atoms with Crippen molar-refractivity contribution in [3.05, 3.63) is 151 Å². The third-order valence-electron chi connectivity index (χ3n) is 9.49. The first-order chi connectivity index (χ1) is 26.2. The van der Waals surface area contributed by atoms with Crippen LogP contribution in [0.1, 0.15) is 76.0 Å². The number of rotatable bonds is 10. The molecule has 0 atom stereocenters. The maximum absolute atomic E-state index is 6.63. The van der Waals surface area contributed by atoms with E-state index in [1.807, 2.05) is 77.6 Å². The fraction of sp³-hybridized carbons (Fsp3) is 0.191. The smallest absolute Gasteiger partial charge is 0.503 e. The van der Waals surface area contributed by atoms with Crippen LogP contribution < -0.4 is 9.47 Å². The predicted octanol–water partition coefficient (Wildman–Crippen LogP) is 11.8. The van der Waals surface area contributed by atoms with E-state index in [-0.39, 0.29) is 58.6 Å². The molecule has 0 bridgehead atoms. The molecule has 4 heterocycles. The standard InChI is InChI=1S/C47H39N5O2.2Pd/c1-29(2)34-27-50-47(51-28-34)52-43-25-35(53-45-23-32(13-17-37(45)30(3)4)41-11-7-9-21-48-41)15-19-39(43)40-20-16-36(26-44(40)52)54-46-24-33(14-18-38(46)31(5)6)42-12-8-10-22-49-42;;/h7-22,27-31H,1-6H3;;/q-4;2*+2. The van der Waals surface area contributed by atoms with Crippen molar-refractivity contribution in [2.75, 3.05) is 0 Å². The fourth-order valence-corrected chi connectivity index (χ4v) is 6.50. The molecule has 8 aromatic rings. The number of fused-ring (bicyclic) bond motifs is 3. The first-order valence-corrected chi connectivity index (χ1v) is 18.3. The Balaban J connectivity index is 0.00000266. The molecular formula is C47H39N5O2Pd2. The van der Waals surface area contributed by atoms with Crippen LogP contribution in [0.2, 0.25) is 0 Å². The van der Waals surface area contributed by atoms with Crippen LogP contribution in [0.15, 0.2) is 110 Å². The van der Waals surface area contributed by atoms with Gasteiger partial charge in [-0.1, -0.05) is 112 Å². The van der Waals surface area contributed by atoms with Crippen LogP contribution in [0, 0.1) is 24.3 Å². The van der Waals surface area contributed by atoms with Gasteiger partial charge in [0.1, 0.15) is 0 Å². The maximum Gasteiger partial charge on any atom is 2.00 e. The third-order valence-corrected chi connectivity index (χ3v) is 9.49. The van der Waals surface area contributed by atoms with Gasteiger partial charge in [-0.25, -0.2) is 9.97 Å². The number of hydrogen-bond donors (Lipinski definition) is 0. The summed E-state index contributed by atoms with van der Waals surface area (Å²) in [6.45, 7) is 12.8. The molecule has 0 unspecified atom stereocenters. The second-order valence-corrected chi connectivity index (χ2v) is 14.2. The van der Waals surface area contributed by atoms with Gasteiger partial charge in [-0.05, 0) is 35.0 Å². The Bertz CT molecular complexity index is 2440. The Labute approximate surface area is 355 Å². The quantitative estimate of drug-likeness (QED) is 0.100. The summed E-state index contributed by atoms with van der Waals surface area (Å²) in [5.41, 5.74) is 8.01. The van der Waals surface area contributed by atoms with E-state index in [0.717, 1.165) is 61.0 Å². The second kappa shape index (κ2) is 17.4. The summed E-state index contributed by atoms with van der Waals surface area (Å²) >= 11 is 0. The van der Waals surface area contributed by atoms with E-state index in [9.17, 15) is 0 Å². The topological polar surface area (TPSA) is 75.0 Å². The van der Waals surface area contributed by atoms with Gasteiger partial charge in [-0.3, -0.25) is 0 Å². The summed E-state index contributed by atoms with van der Waals surface area (Å²) in [5, 5.41) is 1.91. The number of pyridine rings is 2. The molecular weight excluding hydrogens is 879 g/mol. The van der Waals surface area contributed by atoms with Crippen LogP contribution in [-0.4, -0.2) is 24.5 Å². The molecule has 0 spiro atoms. The first-order valence-electron chi connectivity index (χ1n) is 18.3. The monoisotopic (exact) mass is 917 g/mol. The average Bonchev–Trinajstić information content (AvgIpc) is 3.51. The molecule has 8 rings (SSSR count). The normalized spacial score (nSPS) is 11.2. The average molecular weight is 919 g/mol. The summed E-state index contributed by atoms with van der Waals surface area (Å²) in [4.78, 5) is 18.7. The molecule has 0 N–H and O–H groups in total. The molecule has 4 aromatic heterocycles. The van der Waals surface area contributed by atoms with Gasteiger partial charge < -0.3 is 24.0 Å². The molecule has 0 saturated carbocycles. The van der Waals surface area contributed by atoms with E-state index in [0.29, 0.717) is 28.9 Å². The van der Waals surface area contributed by atoms with Crippen LogP contribution in [0.4, 0.5) is 0 Å². The van der Waals surface area contributed by atoms with Crippen LogP contribution in [0.3, 0.4) is 0 Å². The van der Waals surface area contributed by atoms with Gasteiger partial charge >= 0.3 is 40.8 Å². The molecule has 9 heteroatoms. The van der Waals surface area contributed by atoms with Crippen LogP contribution in [0.5, 0.6) is 23.0 Å². The van der Waals surface area contributed by atoms with Crippen molar-refractivity contribution in [1.82, 2.24) is 24.5 Å². The summed E-state index contributed by atoms with van der Waals surface area (Å²) in [6, 6.07) is 42.0. The van der Waals surface area contributed by atoms with Crippen molar-refractivity contribution in [3.63, 3.8) is 0 Å². The Morgan fingerprint density at radius 2 is 0.964 bits per heavy atom. The van der Waals surface area contributed by atoms with E-state index >= 15 is 0 Å². The van der Waals surface area contributed by atoms with Crippen molar-refractivity contribution in [1.29, 1.82) is 0 Å². The Hall–Kier alpha value is -5.02. The molecule has 0 saturated heterocycles. The van der Waals surface area contributed by atoms with E-state index in [1.165, 1.54) is 0 Å². The molecule has 0 aliphatic carbocycles. The zero-order valence-electron chi connectivity index (χ0n) is 31.8. The van der Waals surface area contributed by atoms with Crippen molar-refractivity contribution in [2.45, 2.75) is 59.3 Å². The number of hydrogen-bond acceptors (Lipinski definition) is 6. The minimum atomic E-state index is 0. The summed E-state index contributed by atoms with van der Waals surface area (Å²) in [5.74, 6) is 3.57. The number of nitrogens with zero attached hydrogens (tertiary/aromatic N) is 5. The Kier molecular flexibility index (Phi) is 12.6. The zero-order chi connectivity index (χ0) is 37.3. The maximum atomic E-state index is 6.63. The molecule has 56 heavy (non-hydrogen) atoms. The predicted molar refractivity (Wildman–Crippen MR) is 213 cm³/mol. The summed E-state index contributed by atoms with van der Waals surface area (Å²) in [6.07, 6.45) is 7.33. The van der Waals surface area contributed by atoms with E-state index in [4.69, 9.17) is 19.4 Å². The van der Waals surface area contributed by atoms with E-state index in [1.54, 1.807) is 12.4 Å². The Morgan fingerprint density at radius 1 is 0.500 bits per heavy atom. The fourth-order valence-electron chi connectivity index (χ4n) is 6.50. The van der Waals surface area contributed by atoms with Gasteiger partial charge in [-0.15, -0.1) is 59.7 Å². The van der Waals surface area contributed by atoms with E-state index in [2.05, 4.69) is 100 Å². The SMILES string of the molecule is CC(C)c1cnc(-n2c3[c-]c(Oc4[c-]c(-c5ccccn5)ccc4C(C)C)ccc3c3ccc(Oc4[c-]c(-c5ccccn5)ccc4C(C)C)[c-]c32)nc1.[Pd+2].[Pd+2]. The summed E-state index contributed by atoms with van der Waals surface area (Å²) < 4.78 is 15.2. The van der Waals surface area contributed by atoms with Crippen molar-refractivity contribution >= 4 is 21.8 Å². The van der Waals surface area contributed by atoms with Gasteiger partial charge in [0.15, 0.2) is 0 Å². The molecule has 0 radical (unpaired) electrons. The molecule has 4 aromatic carbocycles. The van der Waals surface area contributed by atoms with Gasteiger partial charge in [0, 0.05) is 47.8 Å². The van der Waals surface area contributed by atoms with E-state index < -0.39 is 0 Å². The largest absolute Gasteiger partial charge is 2.00 e. The van der Waals surface area contributed by atoms with Crippen LogP contribution in [0.25, 0.3) is 50.3 Å². The van der Waals surface area contributed by atoms with Gasteiger partial charge in [0.05, 0.1) is 0 Å². The minimum Gasteiger partial charge on any atom is -0.503 e. The second-order valence-electron chi connectivity index (χ2n) is 14.2. The minimum absolute atomic E-state index is 0. The van der Waals surface area contributed by atoms with Crippen molar-refractivity contribution in [2.24, 2.45) is 0 Å². The molecule has 284 valence electrons. The number of ether oxygens (including phenoxy) is 2. The molecule has 0 aliphatic heterocycles. The molecule has 0 fully saturated rings. The first kappa shape index (κ1) is 40.6. The van der Waals surface area contributed by atoms with Gasteiger partial charge in [0.2, 0.25) is 5.95 Å². The van der Waals surface area contributed by atoms with Crippen molar-refractivity contribution < 1.29 is 50.3 Å². The summed E-state index contributed by atoms with van der Waals surface area (Å²) in [7, 11) is 0. The molecule has 7 nitrogen and oxygen atoms in total.